The van der Waals surface area contributed by atoms with Crippen molar-refractivity contribution in [3.63, 3.8) is 0 Å². The van der Waals surface area contributed by atoms with E-state index in [1.165, 1.54) is 0 Å². The van der Waals surface area contributed by atoms with Crippen LogP contribution in [0.25, 0.3) is 27.5 Å². The lowest BCUT2D eigenvalue weighted by Crippen LogP contribution is -2.24. The third-order valence-electron chi connectivity index (χ3n) is 5.50. The van der Waals surface area contributed by atoms with Crippen LogP contribution in [0.2, 0.25) is 5.02 Å². The summed E-state index contributed by atoms with van der Waals surface area (Å²) in [5, 5.41) is 2.38. The van der Waals surface area contributed by atoms with Crippen molar-refractivity contribution in [2.45, 2.75) is 12.8 Å². The van der Waals surface area contributed by atoms with Gasteiger partial charge in [0.15, 0.2) is 0 Å². The summed E-state index contributed by atoms with van der Waals surface area (Å²) in [6.07, 6.45) is 3.31. The number of aromatic amines is 1. The number of rotatable bonds is 5. The summed E-state index contributed by atoms with van der Waals surface area (Å²) in [6.45, 7) is 0. The average Bonchev–Trinajstić information content (AvgIpc) is 3.20. The van der Waals surface area contributed by atoms with Crippen LogP contribution in [0.1, 0.15) is 11.4 Å². The first kappa shape index (κ1) is 19.4. The first-order chi connectivity index (χ1) is 15.1. The number of hydrogen-bond acceptors (Lipinski definition) is 3. The van der Waals surface area contributed by atoms with E-state index in [1.54, 1.807) is 11.7 Å². The maximum atomic E-state index is 13.4. The number of aromatic nitrogens is 3. The summed E-state index contributed by atoms with van der Waals surface area (Å²) < 4.78 is 7.06. The van der Waals surface area contributed by atoms with E-state index in [-0.39, 0.29) is 5.56 Å². The number of methoxy groups -OCH3 is 1. The zero-order valence-corrected chi connectivity index (χ0v) is 17.7. The van der Waals surface area contributed by atoms with E-state index >= 15 is 0 Å². The van der Waals surface area contributed by atoms with Gasteiger partial charge in [0, 0.05) is 34.6 Å². The Morgan fingerprint density at radius 2 is 1.87 bits per heavy atom. The van der Waals surface area contributed by atoms with Gasteiger partial charge in [-0.1, -0.05) is 29.8 Å². The summed E-state index contributed by atoms with van der Waals surface area (Å²) in [5.74, 6) is 1.39. The van der Waals surface area contributed by atoms with Gasteiger partial charge in [0.05, 0.1) is 23.7 Å². The number of nitrogens with one attached hydrogen (secondary N) is 1. The molecule has 0 saturated heterocycles. The molecule has 5 aromatic rings. The molecule has 0 aliphatic carbocycles. The Hall–Kier alpha value is -3.57. The number of para-hydroxylation sites is 1. The van der Waals surface area contributed by atoms with E-state index in [4.69, 9.17) is 21.3 Å². The smallest absolute Gasteiger partial charge is 0.265 e. The molecule has 31 heavy (non-hydrogen) atoms. The van der Waals surface area contributed by atoms with E-state index in [0.717, 1.165) is 28.6 Å². The second-order valence-corrected chi connectivity index (χ2v) is 7.83. The van der Waals surface area contributed by atoms with E-state index in [2.05, 4.69) is 4.98 Å². The molecule has 0 aliphatic heterocycles. The number of benzene rings is 3. The maximum absolute atomic E-state index is 13.4. The van der Waals surface area contributed by atoms with Crippen molar-refractivity contribution in [3.8, 4) is 11.4 Å². The number of aryl methyl sites for hydroxylation is 2. The zero-order valence-electron chi connectivity index (χ0n) is 16.9. The van der Waals surface area contributed by atoms with Crippen LogP contribution in [0.3, 0.4) is 0 Å². The number of ether oxygens (including phenoxy) is 1. The van der Waals surface area contributed by atoms with E-state index in [1.807, 2.05) is 72.9 Å². The molecule has 0 fully saturated rings. The molecule has 2 aromatic heterocycles. The molecule has 5 rings (SSSR count). The highest BCUT2D eigenvalue weighted by atomic mass is 35.5. The number of hydrogen-bond donors (Lipinski definition) is 1. The van der Waals surface area contributed by atoms with Crippen molar-refractivity contribution >= 4 is 33.4 Å². The SMILES string of the molecule is COc1cccc(-n2c(CCc3c[nH]c4ccc(Cl)cc34)nc3ccccc3c2=O)c1. The van der Waals surface area contributed by atoms with Crippen molar-refractivity contribution in [3.05, 3.63) is 99.7 Å². The van der Waals surface area contributed by atoms with E-state index in [9.17, 15) is 4.79 Å². The molecule has 5 nitrogen and oxygen atoms in total. The topological polar surface area (TPSA) is 59.9 Å². The summed E-state index contributed by atoms with van der Waals surface area (Å²) in [6, 6.07) is 20.7. The minimum absolute atomic E-state index is 0.0872. The first-order valence-electron chi connectivity index (χ1n) is 10.0. The molecule has 0 atom stereocenters. The molecule has 154 valence electrons. The molecule has 0 saturated carbocycles. The van der Waals surface area contributed by atoms with Crippen molar-refractivity contribution in [1.29, 1.82) is 0 Å². The number of nitrogens with zero attached hydrogens (tertiary/aromatic N) is 2. The molecule has 1 N–H and O–H groups in total. The van der Waals surface area contributed by atoms with Gasteiger partial charge in [-0.15, -0.1) is 0 Å². The summed E-state index contributed by atoms with van der Waals surface area (Å²) in [7, 11) is 1.61. The Kier molecular flexibility index (Phi) is 4.96. The second kappa shape index (κ2) is 7.93. The minimum atomic E-state index is -0.0872. The van der Waals surface area contributed by atoms with Crippen molar-refractivity contribution in [2.75, 3.05) is 7.11 Å². The minimum Gasteiger partial charge on any atom is -0.497 e. The van der Waals surface area contributed by atoms with Crippen molar-refractivity contribution in [2.24, 2.45) is 0 Å². The largest absolute Gasteiger partial charge is 0.497 e. The lowest BCUT2D eigenvalue weighted by Gasteiger charge is -2.14. The molecule has 3 aromatic carbocycles. The van der Waals surface area contributed by atoms with Crippen LogP contribution in [0.5, 0.6) is 5.75 Å². The summed E-state index contributed by atoms with van der Waals surface area (Å²) in [5.41, 5.74) is 3.52. The van der Waals surface area contributed by atoms with E-state index in [0.29, 0.717) is 33.9 Å². The van der Waals surface area contributed by atoms with Gasteiger partial charge >= 0.3 is 0 Å². The van der Waals surface area contributed by atoms with Crippen LogP contribution in [-0.2, 0) is 12.8 Å². The Labute approximate surface area is 183 Å². The lowest BCUT2D eigenvalue weighted by molar-refractivity contribution is 0.414. The molecule has 0 bridgehead atoms. The fourth-order valence-corrected chi connectivity index (χ4v) is 4.14. The number of fused-ring (bicyclic) bond motifs is 2. The molecule has 0 radical (unpaired) electrons. The second-order valence-electron chi connectivity index (χ2n) is 7.39. The standard InChI is InChI=1S/C25H20ClN3O2/c1-31-19-6-4-5-18(14-19)29-24(28-23-8-3-2-7-20(23)25(29)30)12-9-16-15-27-22-11-10-17(26)13-21(16)22/h2-8,10-11,13-15,27H,9,12H2,1H3. The van der Waals surface area contributed by atoms with Gasteiger partial charge in [0.2, 0.25) is 0 Å². The molecular weight excluding hydrogens is 410 g/mol. The summed E-state index contributed by atoms with van der Waals surface area (Å²) >= 11 is 6.20. The molecular formula is C25H20ClN3O2. The third-order valence-corrected chi connectivity index (χ3v) is 5.74. The Bertz CT molecular complexity index is 1470. The van der Waals surface area contributed by atoms with Crippen LogP contribution in [0.15, 0.2) is 77.7 Å². The van der Waals surface area contributed by atoms with Gasteiger partial charge in [-0.05, 0) is 54.4 Å². The van der Waals surface area contributed by atoms with Gasteiger partial charge < -0.3 is 9.72 Å². The van der Waals surface area contributed by atoms with Gasteiger partial charge in [0.25, 0.3) is 5.56 Å². The zero-order chi connectivity index (χ0) is 21.4. The Morgan fingerprint density at radius 3 is 2.74 bits per heavy atom. The number of halogens is 1. The fourth-order valence-electron chi connectivity index (χ4n) is 3.97. The van der Waals surface area contributed by atoms with Crippen molar-refractivity contribution in [1.82, 2.24) is 14.5 Å². The highest BCUT2D eigenvalue weighted by Gasteiger charge is 2.14. The molecule has 6 heteroatoms. The van der Waals surface area contributed by atoms with E-state index < -0.39 is 0 Å². The quantitative estimate of drug-likeness (QED) is 0.411. The molecule has 0 aliphatic rings. The normalized spacial score (nSPS) is 11.3. The van der Waals surface area contributed by atoms with Crippen LogP contribution in [-0.4, -0.2) is 21.6 Å². The predicted molar refractivity (Wildman–Crippen MR) is 125 cm³/mol. The molecule has 2 heterocycles. The number of H-pyrrole nitrogens is 1. The van der Waals surface area contributed by atoms with Crippen LogP contribution in [0.4, 0.5) is 0 Å². The molecule has 0 spiro atoms. The third kappa shape index (κ3) is 3.57. The molecule has 0 unspecified atom stereocenters. The van der Waals surface area contributed by atoms with Gasteiger partial charge in [-0.2, -0.15) is 0 Å². The van der Waals surface area contributed by atoms with Gasteiger partial charge in [-0.3, -0.25) is 9.36 Å². The first-order valence-corrected chi connectivity index (χ1v) is 10.4. The fraction of sp³-hybridized carbons (Fsp3) is 0.120. The lowest BCUT2D eigenvalue weighted by atomic mass is 10.1. The highest BCUT2D eigenvalue weighted by molar-refractivity contribution is 6.31. The molecule has 0 amide bonds. The van der Waals surface area contributed by atoms with Crippen molar-refractivity contribution < 1.29 is 4.74 Å². The monoisotopic (exact) mass is 429 g/mol. The maximum Gasteiger partial charge on any atom is 0.265 e. The predicted octanol–water partition coefficient (Wildman–Crippen LogP) is 5.31. The van der Waals surface area contributed by atoms with Gasteiger partial charge in [0.1, 0.15) is 11.6 Å². The Balaban J connectivity index is 1.62. The van der Waals surface area contributed by atoms with Crippen LogP contribution >= 0.6 is 11.6 Å². The van der Waals surface area contributed by atoms with Gasteiger partial charge in [-0.25, -0.2) is 4.98 Å². The van der Waals surface area contributed by atoms with Crippen LogP contribution < -0.4 is 10.3 Å². The highest BCUT2D eigenvalue weighted by Crippen LogP contribution is 2.24. The Morgan fingerprint density at radius 1 is 1.00 bits per heavy atom. The van der Waals surface area contributed by atoms with Crippen LogP contribution in [0, 0.1) is 0 Å². The summed E-state index contributed by atoms with van der Waals surface area (Å²) in [4.78, 5) is 21.6. The average molecular weight is 430 g/mol.